The van der Waals surface area contributed by atoms with Gasteiger partial charge in [-0.05, 0) is 42.8 Å². The van der Waals surface area contributed by atoms with Crippen molar-refractivity contribution in [2.75, 3.05) is 5.32 Å². The lowest BCUT2D eigenvalue weighted by Gasteiger charge is -2.03. The lowest BCUT2D eigenvalue weighted by molar-refractivity contribution is 0.102. The van der Waals surface area contributed by atoms with Gasteiger partial charge >= 0.3 is 0 Å². The first-order valence-electron chi connectivity index (χ1n) is 6.16. The second kappa shape index (κ2) is 5.87. The molecule has 1 aromatic heterocycles. The molecule has 1 heterocycles. The van der Waals surface area contributed by atoms with Gasteiger partial charge in [-0.3, -0.25) is 10.1 Å². The van der Waals surface area contributed by atoms with Crippen LogP contribution in [0, 0.1) is 6.92 Å². The zero-order valence-electron chi connectivity index (χ0n) is 11.0. The van der Waals surface area contributed by atoms with Crippen molar-refractivity contribution in [3.63, 3.8) is 0 Å². The van der Waals surface area contributed by atoms with E-state index in [1.54, 1.807) is 12.1 Å². The van der Waals surface area contributed by atoms with Crippen molar-refractivity contribution in [3.8, 4) is 0 Å². The molecule has 6 heteroatoms. The zero-order valence-corrected chi connectivity index (χ0v) is 15.0. The van der Waals surface area contributed by atoms with Gasteiger partial charge in [-0.2, -0.15) is 0 Å². The SMILES string of the molecule is Cc1ccc2nc(NC(=O)c3cc(Br)cc(Br)c3)sc2c1. The molecule has 3 rings (SSSR count). The van der Waals surface area contributed by atoms with E-state index in [2.05, 4.69) is 48.2 Å². The number of hydrogen-bond acceptors (Lipinski definition) is 3. The average molecular weight is 426 g/mol. The Labute approximate surface area is 142 Å². The Kier molecular flexibility index (Phi) is 4.10. The van der Waals surface area contributed by atoms with Crippen LogP contribution in [0.1, 0.15) is 15.9 Å². The fourth-order valence-electron chi connectivity index (χ4n) is 1.94. The summed E-state index contributed by atoms with van der Waals surface area (Å²) in [4.78, 5) is 16.7. The first-order valence-corrected chi connectivity index (χ1v) is 8.56. The summed E-state index contributed by atoms with van der Waals surface area (Å²) in [7, 11) is 0. The van der Waals surface area contributed by atoms with Gasteiger partial charge in [0.2, 0.25) is 0 Å². The highest BCUT2D eigenvalue weighted by Gasteiger charge is 2.11. The van der Waals surface area contributed by atoms with Crippen LogP contribution in [0.5, 0.6) is 0 Å². The minimum Gasteiger partial charge on any atom is -0.298 e. The van der Waals surface area contributed by atoms with E-state index in [0.29, 0.717) is 10.7 Å². The molecule has 106 valence electrons. The van der Waals surface area contributed by atoms with E-state index in [9.17, 15) is 4.79 Å². The lowest BCUT2D eigenvalue weighted by Crippen LogP contribution is -2.11. The number of anilines is 1. The second-order valence-corrected chi connectivity index (χ2v) is 7.46. The quantitative estimate of drug-likeness (QED) is 0.598. The number of aromatic nitrogens is 1. The number of halogens is 2. The fourth-order valence-corrected chi connectivity index (χ4v) is 4.19. The van der Waals surface area contributed by atoms with Crippen LogP contribution < -0.4 is 5.32 Å². The Morgan fingerprint density at radius 2 is 1.86 bits per heavy atom. The first kappa shape index (κ1) is 14.7. The Morgan fingerprint density at radius 3 is 2.57 bits per heavy atom. The van der Waals surface area contributed by atoms with E-state index in [0.717, 1.165) is 19.2 Å². The molecule has 0 saturated carbocycles. The van der Waals surface area contributed by atoms with Crippen LogP contribution in [0.3, 0.4) is 0 Å². The Balaban J connectivity index is 1.88. The molecule has 0 spiro atoms. The van der Waals surface area contributed by atoms with E-state index in [1.807, 2.05) is 25.1 Å². The lowest BCUT2D eigenvalue weighted by atomic mass is 10.2. The molecule has 0 aliphatic carbocycles. The van der Waals surface area contributed by atoms with Crippen molar-refractivity contribution < 1.29 is 4.79 Å². The standard InChI is InChI=1S/C15H10Br2N2OS/c1-8-2-3-12-13(4-8)21-15(18-12)19-14(20)9-5-10(16)7-11(17)6-9/h2-7H,1H3,(H,18,19,20). The third kappa shape index (κ3) is 3.33. The number of benzene rings is 2. The van der Waals surface area contributed by atoms with Gasteiger partial charge in [-0.15, -0.1) is 0 Å². The normalized spacial score (nSPS) is 10.8. The van der Waals surface area contributed by atoms with Crippen molar-refractivity contribution >= 4 is 64.5 Å². The summed E-state index contributed by atoms with van der Waals surface area (Å²) >= 11 is 8.24. The number of rotatable bonds is 2. The number of thiazole rings is 1. The van der Waals surface area contributed by atoms with E-state index < -0.39 is 0 Å². The molecule has 3 nitrogen and oxygen atoms in total. The van der Waals surface area contributed by atoms with Crippen molar-refractivity contribution in [1.82, 2.24) is 4.98 Å². The summed E-state index contributed by atoms with van der Waals surface area (Å²) in [6.07, 6.45) is 0. The van der Waals surface area contributed by atoms with Gasteiger partial charge in [-0.1, -0.05) is 49.3 Å². The van der Waals surface area contributed by atoms with Crippen LogP contribution >= 0.6 is 43.2 Å². The van der Waals surface area contributed by atoms with Gasteiger partial charge in [0.05, 0.1) is 10.2 Å². The highest BCUT2D eigenvalue weighted by Crippen LogP contribution is 2.27. The van der Waals surface area contributed by atoms with Crippen LogP contribution in [-0.4, -0.2) is 10.9 Å². The van der Waals surface area contributed by atoms with Gasteiger partial charge in [0, 0.05) is 14.5 Å². The van der Waals surface area contributed by atoms with Crippen molar-refractivity contribution in [2.45, 2.75) is 6.92 Å². The molecule has 2 aromatic carbocycles. The third-order valence-corrected chi connectivity index (χ3v) is 4.74. The number of nitrogens with zero attached hydrogens (tertiary/aromatic N) is 1. The van der Waals surface area contributed by atoms with Crippen molar-refractivity contribution in [1.29, 1.82) is 0 Å². The fraction of sp³-hybridized carbons (Fsp3) is 0.0667. The first-order chi connectivity index (χ1) is 10.0. The molecular formula is C15H10Br2N2OS. The number of amides is 1. The molecule has 0 unspecified atom stereocenters. The number of hydrogen-bond donors (Lipinski definition) is 1. The molecule has 0 aliphatic heterocycles. The molecule has 21 heavy (non-hydrogen) atoms. The summed E-state index contributed by atoms with van der Waals surface area (Å²) < 4.78 is 2.77. The second-order valence-electron chi connectivity index (χ2n) is 4.60. The van der Waals surface area contributed by atoms with Gasteiger partial charge in [-0.25, -0.2) is 4.98 Å². The van der Waals surface area contributed by atoms with E-state index in [1.165, 1.54) is 16.9 Å². The molecule has 1 N–H and O–H groups in total. The summed E-state index contributed by atoms with van der Waals surface area (Å²) in [5, 5.41) is 3.46. The average Bonchev–Trinajstić information content (AvgIpc) is 2.78. The number of carbonyl (C=O) groups is 1. The molecule has 0 aliphatic rings. The topological polar surface area (TPSA) is 42.0 Å². The van der Waals surface area contributed by atoms with Gasteiger partial charge < -0.3 is 0 Å². The Morgan fingerprint density at radius 1 is 1.14 bits per heavy atom. The minimum atomic E-state index is -0.173. The maximum Gasteiger partial charge on any atom is 0.257 e. The molecule has 0 bridgehead atoms. The predicted molar refractivity (Wildman–Crippen MR) is 94.2 cm³/mol. The highest BCUT2D eigenvalue weighted by atomic mass is 79.9. The predicted octanol–water partition coefficient (Wildman–Crippen LogP) is 5.38. The zero-order chi connectivity index (χ0) is 15.0. The summed E-state index contributed by atoms with van der Waals surface area (Å²) in [5.41, 5.74) is 2.66. The molecule has 0 fully saturated rings. The largest absolute Gasteiger partial charge is 0.298 e. The number of aryl methyl sites for hydroxylation is 1. The monoisotopic (exact) mass is 424 g/mol. The van der Waals surface area contributed by atoms with Crippen LogP contribution in [0.25, 0.3) is 10.2 Å². The number of carbonyl (C=O) groups excluding carboxylic acids is 1. The maximum atomic E-state index is 12.3. The van der Waals surface area contributed by atoms with Crippen molar-refractivity contribution in [2.24, 2.45) is 0 Å². The van der Waals surface area contributed by atoms with Crippen LogP contribution in [0.2, 0.25) is 0 Å². The molecule has 0 saturated heterocycles. The molecular weight excluding hydrogens is 416 g/mol. The molecule has 1 amide bonds. The summed E-state index contributed by atoms with van der Waals surface area (Å²) in [6.45, 7) is 2.04. The smallest absolute Gasteiger partial charge is 0.257 e. The van der Waals surface area contributed by atoms with Gasteiger partial charge in [0.15, 0.2) is 5.13 Å². The van der Waals surface area contributed by atoms with Crippen LogP contribution in [0.15, 0.2) is 45.3 Å². The number of fused-ring (bicyclic) bond motifs is 1. The van der Waals surface area contributed by atoms with Gasteiger partial charge in [0.1, 0.15) is 0 Å². The van der Waals surface area contributed by atoms with E-state index >= 15 is 0 Å². The highest BCUT2D eigenvalue weighted by molar-refractivity contribution is 9.11. The van der Waals surface area contributed by atoms with Crippen LogP contribution in [0.4, 0.5) is 5.13 Å². The maximum absolute atomic E-state index is 12.3. The molecule has 0 atom stereocenters. The number of nitrogens with one attached hydrogen (secondary N) is 1. The molecule has 0 radical (unpaired) electrons. The Hall–Kier alpha value is -1.24. The Bertz CT molecular complexity index is 825. The van der Waals surface area contributed by atoms with Gasteiger partial charge in [0.25, 0.3) is 5.91 Å². The van der Waals surface area contributed by atoms with E-state index in [-0.39, 0.29) is 5.91 Å². The van der Waals surface area contributed by atoms with Crippen molar-refractivity contribution in [3.05, 3.63) is 56.5 Å². The summed E-state index contributed by atoms with van der Waals surface area (Å²) in [6, 6.07) is 11.5. The molecule has 3 aromatic rings. The third-order valence-electron chi connectivity index (χ3n) is 2.89. The van der Waals surface area contributed by atoms with Crippen LogP contribution in [-0.2, 0) is 0 Å². The summed E-state index contributed by atoms with van der Waals surface area (Å²) in [5.74, 6) is -0.173. The minimum absolute atomic E-state index is 0.173. The van der Waals surface area contributed by atoms with E-state index in [4.69, 9.17) is 0 Å².